The Labute approximate surface area is 184 Å². The molecule has 3 heterocycles. The molecule has 3 fully saturated rings. The number of benzene rings is 1. The first-order valence-electron chi connectivity index (χ1n) is 10.3. The van der Waals surface area contributed by atoms with Gasteiger partial charge in [0, 0.05) is 25.7 Å². The lowest BCUT2D eigenvalue weighted by molar-refractivity contribution is 0.0992. The van der Waals surface area contributed by atoms with Gasteiger partial charge in [-0.25, -0.2) is 4.39 Å². The summed E-state index contributed by atoms with van der Waals surface area (Å²) in [6, 6.07) is 7.50. The average molecular weight is 502 g/mol. The Morgan fingerprint density at radius 1 is 1.21 bits per heavy atom. The van der Waals surface area contributed by atoms with Gasteiger partial charge in [-0.3, -0.25) is 9.89 Å². The van der Waals surface area contributed by atoms with E-state index in [0.717, 1.165) is 50.4 Å². The Balaban J connectivity index is 0.00000225. The predicted octanol–water partition coefficient (Wildman–Crippen LogP) is 3.14. The maximum atomic E-state index is 13.8. The van der Waals surface area contributed by atoms with Gasteiger partial charge in [-0.15, -0.1) is 24.0 Å². The maximum absolute atomic E-state index is 13.8. The fraction of sp³-hybridized carbons (Fsp3) is 0.667. The summed E-state index contributed by atoms with van der Waals surface area (Å²) in [5, 5.41) is 7.05. The number of piperidine rings is 1. The van der Waals surface area contributed by atoms with Crippen LogP contribution < -0.4 is 10.6 Å². The first-order chi connectivity index (χ1) is 13.2. The summed E-state index contributed by atoms with van der Waals surface area (Å²) in [5.41, 5.74) is 0.798. The van der Waals surface area contributed by atoms with Gasteiger partial charge in [0.05, 0.1) is 18.2 Å². The minimum atomic E-state index is -0.0965. The predicted molar refractivity (Wildman–Crippen MR) is 121 cm³/mol. The molecule has 3 unspecified atom stereocenters. The highest BCUT2D eigenvalue weighted by Gasteiger charge is 2.41. The molecule has 0 amide bonds. The van der Waals surface area contributed by atoms with Crippen LogP contribution in [0.1, 0.15) is 37.7 Å². The lowest BCUT2D eigenvalue weighted by atomic mass is 9.95. The third-order valence-electron chi connectivity index (χ3n) is 6.27. The zero-order valence-corrected chi connectivity index (χ0v) is 18.9. The molecule has 2 bridgehead atoms. The van der Waals surface area contributed by atoms with Crippen molar-refractivity contribution in [1.29, 1.82) is 0 Å². The molecule has 1 aromatic rings. The number of nitrogens with one attached hydrogen (secondary N) is 2. The molecule has 0 saturated carbocycles. The number of hydrogen-bond acceptors (Lipinski definition) is 3. The number of halogens is 2. The van der Waals surface area contributed by atoms with Crippen molar-refractivity contribution in [2.75, 3.05) is 26.7 Å². The molecule has 5 nitrogen and oxygen atoms in total. The molecule has 1 aromatic carbocycles. The Hall–Kier alpha value is -0.930. The first kappa shape index (κ1) is 21.8. The van der Waals surface area contributed by atoms with Gasteiger partial charge in [0.1, 0.15) is 5.82 Å². The van der Waals surface area contributed by atoms with E-state index in [1.807, 2.05) is 19.2 Å². The summed E-state index contributed by atoms with van der Waals surface area (Å²) in [5.74, 6) is 1.43. The normalized spacial score (nSPS) is 28.2. The molecule has 0 aromatic heterocycles. The lowest BCUT2D eigenvalue weighted by Crippen LogP contribution is -2.49. The molecule has 3 atom stereocenters. The highest BCUT2D eigenvalue weighted by Crippen LogP contribution is 2.34. The van der Waals surface area contributed by atoms with E-state index in [0.29, 0.717) is 30.7 Å². The van der Waals surface area contributed by atoms with Crippen molar-refractivity contribution >= 4 is 29.9 Å². The van der Waals surface area contributed by atoms with Crippen LogP contribution in [0.15, 0.2) is 29.3 Å². The maximum Gasteiger partial charge on any atom is 0.191 e. The van der Waals surface area contributed by atoms with Gasteiger partial charge in [-0.1, -0.05) is 18.2 Å². The van der Waals surface area contributed by atoms with Crippen molar-refractivity contribution in [3.8, 4) is 0 Å². The van der Waals surface area contributed by atoms with Crippen LogP contribution in [0.4, 0.5) is 4.39 Å². The SMILES string of the molecule is CN=C(NCC1CCN(Cc2ccccc2F)CC1)NC1CC2CCC1O2.I. The van der Waals surface area contributed by atoms with Crippen LogP contribution in [-0.2, 0) is 11.3 Å². The van der Waals surface area contributed by atoms with Gasteiger partial charge in [-0.05, 0) is 57.2 Å². The first-order valence-corrected chi connectivity index (χ1v) is 10.3. The zero-order chi connectivity index (χ0) is 18.6. The topological polar surface area (TPSA) is 48.9 Å². The summed E-state index contributed by atoms with van der Waals surface area (Å²) >= 11 is 0. The summed E-state index contributed by atoms with van der Waals surface area (Å²) in [7, 11) is 1.83. The second kappa shape index (κ2) is 10.2. The second-order valence-electron chi connectivity index (χ2n) is 8.12. The number of guanidine groups is 1. The summed E-state index contributed by atoms with van der Waals surface area (Å²) in [6.07, 6.45) is 6.55. The highest BCUT2D eigenvalue weighted by atomic mass is 127. The van der Waals surface area contributed by atoms with Crippen LogP contribution in [0.3, 0.4) is 0 Å². The Kier molecular flexibility index (Phi) is 7.93. The molecule has 0 aliphatic carbocycles. The van der Waals surface area contributed by atoms with Crippen LogP contribution in [0.2, 0.25) is 0 Å². The largest absolute Gasteiger partial charge is 0.373 e. The van der Waals surface area contributed by atoms with Crippen LogP contribution in [0.5, 0.6) is 0 Å². The van der Waals surface area contributed by atoms with Gasteiger partial charge in [0.2, 0.25) is 0 Å². The van der Waals surface area contributed by atoms with Crippen LogP contribution >= 0.6 is 24.0 Å². The molecule has 7 heteroatoms. The minimum Gasteiger partial charge on any atom is -0.373 e. The average Bonchev–Trinajstić information content (AvgIpc) is 3.31. The molecule has 3 aliphatic heterocycles. The highest BCUT2D eigenvalue weighted by molar-refractivity contribution is 14.0. The van der Waals surface area contributed by atoms with Crippen molar-refractivity contribution in [1.82, 2.24) is 15.5 Å². The van der Waals surface area contributed by atoms with E-state index in [1.165, 1.54) is 12.8 Å². The van der Waals surface area contributed by atoms with E-state index in [4.69, 9.17) is 4.74 Å². The molecule has 28 heavy (non-hydrogen) atoms. The van der Waals surface area contributed by atoms with Gasteiger partial charge >= 0.3 is 0 Å². The summed E-state index contributed by atoms with van der Waals surface area (Å²) in [6.45, 7) is 3.69. The number of aliphatic imine (C=N–C) groups is 1. The number of hydrogen-bond donors (Lipinski definition) is 2. The number of fused-ring (bicyclic) bond motifs is 2. The molecule has 3 saturated heterocycles. The monoisotopic (exact) mass is 502 g/mol. The molecule has 0 radical (unpaired) electrons. The van der Waals surface area contributed by atoms with E-state index >= 15 is 0 Å². The number of ether oxygens (including phenoxy) is 1. The van der Waals surface area contributed by atoms with Crippen molar-refractivity contribution in [2.45, 2.75) is 56.9 Å². The van der Waals surface area contributed by atoms with E-state index < -0.39 is 0 Å². The Bertz CT molecular complexity index is 666. The fourth-order valence-corrected chi connectivity index (χ4v) is 4.62. The zero-order valence-electron chi connectivity index (χ0n) is 16.6. The van der Waals surface area contributed by atoms with E-state index in [-0.39, 0.29) is 29.8 Å². The van der Waals surface area contributed by atoms with Gasteiger partial charge < -0.3 is 15.4 Å². The Morgan fingerprint density at radius 3 is 2.64 bits per heavy atom. The number of rotatable bonds is 5. The Morgan fingerprint density at radius 2 is 2.00 bits per heavy atom. The second-order valence-corrected chi connectivity index (χ2v) is 8.12. The van der Waals surface area contributed by atoms with Gasteiger partial charge in [0.25, 0.3) is 0 Å². The van der Waals surface area contributed by atoms with Gasteiger partial charge in [0.15, 0.2) is 5.96 Å². The molecule has 0 spiro atoms. The van der Waals surface area contributed by atoms with Crippen LogP contribution in [0, 0.1) is 11.7 Å². The molecule has 156 valence electrons. The quantitative estimate of drug-likeness (QED) is 0.369. The van der Waals surface area contributed by atoms with E-state index in [9.17, 15) is 4.39 Å². The smallest absolute Gasteiger partial charge is 0.191 e. The lowest BCUT2D eigenvalue weighted by Gasteiger charge is -2.32. The van der Waals surface area contributed by atoms with Gasteiger partial charge in [-0.2, -0.15) is 0 Å². The minimum absolute atomic E-state index is 0. The molecular weight excluding hydrogens is 470 g/mol. The van der Waals surface area contributed by atoms with E-state index in [1.54, 1.807) is 12.1 Å². The third-order valence-corrected chi connectivity index (χ3v) is 6.27. The van der Waals surface area contributed by atoms with Crippen molar-refractivity contribution in [3.63, 3.8) is 0 Å². The van der Waals surface area contributed by atoms with Crippen LogP contribution in [-0.4, -0.2) is 55.8 Å². The summed E-state index contributed by atoms with van der Waals surface area (Å²) in [4.78, 5) is 6.74. The molecule has 2 N–H and O–H groups in total. The standard InChI is InChI=1S/C21H31FN4O.HI/c1-23-21(25-19-12-17-6-7-20(19)27-17)24-13-15-8-10-26(11-9-15)14-16-4-2-3-5-18(16)22;/h2-5,15,17,19-20H,6-14H2,1H3,(H2,23,24,25);1H. The molecular formula is C21H32FIN4O. The summed E-state index contributed by atoms with van der Waals surface area (Å²) < 4.78 is 19.7. The third kappa shape index (κ3) is 5.36. The van der Waals surface area contributed by atoms with Crippen molar-refractivity contribution in [2.24, 2.45) is 10.9 Å². The fourth-order valence-electron chi connectivity index (χ4n) is 4.62. The number of likely N-dealkylation sites (tertiary alicyclic amines) is 1. The molecule has 3 aliphatic rings. The molecule has 4 rings (SSSR count). The van der Waals surface area contributed by atoms with Crippen LogP contribution in [0.25, 0.3) is 0 Å². The van der Waals surface area contributed by atoms with E-state index in [2.05, 4.69) is 20.5 Å². The number of nitrogens with zero attached hydrogens (tertiary/aromatic N) is 2. The van der Waals surface area contributed by atoms with Crippen molar-refractivity contribution in [3.05, 3.63) is 35.6 Å². The van der Waals surface area contributed by atoms with Crippen molar-refractivity contribution < 1.29 is 9.13 Å².